The number of likely N-dealkylation sites (N-methyl/N-ethyl adjacent to an activating group) is 1. The molecule has 0 fully saturated rings. The first-order chi connectivity index (χ1) is 13.7. The third-order valence-electron chi connectivity index (χ3n) is 4.28. The number of hydrogen-bond acceptors (Lipinski definition) is 5. The molecule has 0 aliphatic carbocycles. The van der Waals surface area contributed by atoms with Crippen molar-refractivity contribution in [3.8, 4) is 5.75 Å². The Hall–Kier alpha value is -3.48. The second-order valence-electron chi connectivity index (χ2n) is 7.03. The van der Waals surface area contributed by atoms with Crippen LogP contribution in [0.5, 0.6) is 5.75 Å². The average molecular weight is 396 g/mol. The zero-order valence-electron chi connectivity index (χ0n) is 16.9. The number of rotatable bonds is 8. The van der Waals surface area contributed by atoms with E-state index < -0.39 is 4.92 Å². The van der Waals surface area contributed by atoms with Gasteiger partial charge in [0.2, 0.25) is 0 Å². The summed E-state index contributed by atoms with van der Waals surface area (Å²) in [6.07, 6.45) is 2.90. The van der Waals surface area contributed by atoms with Crippen LogP contribution in [0.3, 0.4) is 0 Å². The molecule has 0 heterocycles. The Morgan fingerprint density at radius 2 is 1.90 bits per heavy atom. The molecule has 2 rings (SSSR count). The number of allylic oxidation sites excluding steroid dienone is 1. The number of benzene rings is 2. The minimum absolute atomic E-state index is 0.0252. The number of carbonyl (C=O) groups is 2. The molecule has 0 N–H and O–H groups in total. The molecular weight excluding hydrogens is 372 g/mol. The van der Waals surface area contributed by atoms with Crippen molar-refractivity contribution in [2.45, 2.75) is 19.8 Å². The highest BCUT2D eigenvalue weighted by atomic mass is 16.6. The first-order valence-corrected chi connectivity index (χ1v) is 9.12. The van der Waals surface area contributed by atoms with Crippen molar-refractivity contribution < 1.29 is 19.2 Å². The van der Waals surface area contributed by atoms with Gasteiger partial charge in [0.05, 0.1) is 4.92 Å². The van der Waals surface area contributed by atoms with E-state index in [1.807, 2.05) is 13.8 Å². The van der Waals surface area contributed by atoms with E-state index in [1.54, 1.807) is 56.6 Å². The maximum Gasteiger partial charge on any atom is 0.273 e. The van der Waals surface area contributed by atoms with E-state index >= 15 is 0 Å². The van der Waals surface area contributed by atoms with Crippen LogP contribution in [0.15, 0.2) is 48.5 Å². The minimum Gasteiger partial charge on any atom is -0.484 e. The second kappa shape index (κ2) is 9.64. The lowest BCUT2D eigenvalue weighted by Gasteiger charge is -2.11. The summed E-state index contributed by atoms with van der Waals surface area (Å²) >= 11 is 0. The average Bonchev–Trinajstić information content (AvgIpc) is 2.69. The van der Waals surface area contributed by atoms with Crippen molar-refractivity contribution >= 4 is 23.5 Å². The van der Waals surface area contributed by atoms with E-state index in [1.165, 1.54) is 17.0 Å². The van der Waals surface area contributed by atoms with Gasteiger partial charge in [0.15, 0.2) is 12.4 Å². The number of ether oxygens (including phenoxy) is 1. The maximum atomic E-state index is 12.5. The fraction of sp³-hybridized carbons (Fsp3) is 0.273. The van der Waals surface area contributed by atoms with Crippen molar-refractivity contribution in [1.82, 2.24) is 4.90 Å². The number of nitro benzene ring substituents is 1. The largest absolute Gasteiger partial charge is 0.484 e. The summed E-state index contributed by atoms with van der Waals surface area (Å²) in [5.74, 6) is -0.0217. The molecular formula is C22H24N2O5. The molecule has 152 valence electrons. The van der Waals surface area contributed by atoms with Gasteiger partial charge in [-0.25, -0.2) is 0 Å². The monoisotopic (exact) mass is 396 g/mol. The Labute approximate surface area is 169 Å². The van der Waals surface area contributed by atoms with Gasteiger partial charge in [-0.15, -0.1) is 0 Å². The van der Waals surface area contributed by atoms with Crippen molar-refractivity contribution in [1.29, 1.82) is 0 Å². The van der Waals surface area contributed by atoms with Gasteiger partial charge >= 0.3 is 0 Å². The minimum atomic E-state index is -0.412. The summed E-state index contributed by atoms with van der Waals surface area (Å²) in [6, 6.07) is 11.4. The Morgan fingerprint density at radius 3 is 2.52 bits per heavy atom. The smallest absolute Gasteiger partial charge is 0.273 e. The Morgan fingerprint density at radius 1 is 1.17 bits per heavy atom. The molecule has 7 nitrogen and oxygen atoms in total. The predicted octanol–water partition coefficient (Wildman–Crippen LogP) is 4.08. The van der Waals surface area contributed by atoms with Crippen molar-refractivity contribution in [2.24, 2.45) is 0 Å². The van der Waals surface area contributed by atoms with Crippen LogP contribution in [0.2, 0.25) is 0 Å². The first kappa shape index (κ1) is 21.8. The van der Waals surface area contributed by atoms with Gasteiger partial charge in [0, 0.05) is 31.3 Å². The topological polar surface area (TPSA) is 89.8 Å². The summed E-state index contributed by atoms with van der Waals surface area (Å²) in [7, 11) is 3.27. The number of carbonyl (C=O) groups excluding carboxylic acids is 2. The normalized spacial score (nSPS) is 10.9. The van der Waals surface area contributed by atoms with E-state index in [2.05, 4.69) is 0 Å². The third kappa shape index (κ3) is 6.00. The summed E-state index contributed by atoms with van der Waals surface area (Å²) in [5.41, 5.74) is 1.65. The highest BCUT2D eigenvalue weighted by Crippen LogP contribution is 2.27. The van der Waals surface area contributed by atoms with E-state index in [0.717, 1.165) is 0 Å². The van der Waals surface area contributed by atoms with Crippen LogP contribution in [-0.2, 0) is 4.79 Å². The van der Waals surface area contributed by atoms with Crippen molar-refractivity contribution in [3.63, 3.8) is 0 Å². The molecule has 2 aromatic carbocycles. The molecule has 0 spiro atoms. The molecule has 0 atom stereocenters. The van der Waals surface area contributed by atoms with Crippen LogP contribution >= 0.6 is 0 Å². The molecule has 0 unspecified atom stereocenters. The summed E-state index contributed by atoms with van der Waals surface area (Å²) in [6.45, 7) is 3.66. The zero-order valence-corrected chi connectivity index (χ0v) is 16.9. The molecule has 0 saturated carbocycles. The zero-order chi connectivity index (χ0) is 21.6. The number of nitro groups is 1. The standard InChI is InChI=1S/C22H24N2O5/c1-15(2)19-10-8-16(12-20(19)24(27)28)9-11-21(25)17-6-5-7-18(13-17)29-14-22(26)23(3)4/h5-13,15H,14H2,1-4H3. The molecule has 0 aliphatic heterocycles. The molecule has 0 aliphatic rings. The Bertz CT molecular complexity index is 948. The summed E-state index contributed by atoms with van der Waals surface area (Å²) in [4.78, 5) is 36.4. The Balaban J connectivity index is 2.15. The molecule has 1 amide bonds. The van der Waals surface area contributed by atoms with Crippen LogP contribution in [0, 0.1) is 10.1 Å². The second-order valence-corrected chi connectivity index (χ2v) is 7.03. The molecule has 7 heteroatoms. The molecule has 2 aromatic rings. The number of hydrogen-bond donors (Lipinski definition) is 0. The summed E-state index contributed by atoms with van der Waals surface area (Å²) < 4.78 is 5.42. The van der Waals surface area contributed by atoms with Gasteiger partial charge in [-0.1, -0.05) is 44.2 Å². The lowest BCUT2D eigenvalue weighted by Crippen LogP contribution is -2.27. The van der Waals surface area contributed by atoms with Crippen LogP contribution in [-0.4, -0.2) is 42.2 Å². The highest BCUT2D eigenvalue weighted by molar-refractivity contribution is 6.07. The fourth-order valence-electron chi connectivity index (χ4n) is 2.59. The Kier molecular flexibility index (Phi) is 7.25. The number of amides is 1. The lowest BCUT2D eigenvalue weighted by atomic mass is 9.99. The van der Waals surface area contributed by atoms with E-state index in [0.29, 0.717) is 22.4 Å². The van der Waals surface area contributed by atoms with Gasteiger partial charge in [-0.05, 0) is 29.7 Å². The van der Waals surface area contributed by atoms with Gasteiger partial charge in [-0.3, -0.25) is 19.7 Å². The maximum absolute atomic E-state index is 12.5. The quantitative estimate of drug-likeness (QED) is 0.290. The van der Waals surface area contributed by atoms with Gasteiger partial charge in [0.1, 0.15) is 5.75 Å². The van der Waals surface area contributed by atoms with Crippen LogP contribution in [0.4, 0.5) is 5.69 Å². The molecule has 0 bridgehead atoms. The van der Waals surface area contributed by atoms with Crippen LogP contribution in [0.25, 0.3) is 6.08 Å². The fourth-order valence-corrected chi connectivity index (χ4v) is 2.59. The van der Waals surface area contributed by atoms with E-state index in [-0.39, 0.29) is 29.9 Å². The first-order valence-electron chi connectivity index (χ1n) is 9.12. The van der Waals surface area contributed by atoms with Crippen LogP contribution in [0.1, 0.15) is 41.3 Å². The molecule has 0 aromatic heterocycles. The van der Waals surface area contributed by atoms with Gasteiger partial charge < -0.3 is 9.64 Å². The van der Waals surface area contributed by atoms with E-state index in [9.17, 15) is 19.7 Å². The summed E-state index contributed by atoms with van der Waals surface area (Å²) in [5, 5.41) is 11.3. The van der Waals surface area contributed by atoms with Gasteiger partial charge in [-0.2, -0.15) is 0 Å². The third-order valence-corrected chi connectivity index (χ3v) is 4.28. The highest BCUT2D eigenvalue weighted by Gasteiger charge is 2.16. The lowest BCUT2D eigenvalue weighted by molar-refractivity contribution is -0.385. The SMILES string of the molecule is CC(C)c1ccc(C=CC(=O)c2cccc(OCC(=O)N(C)C)c2)cc1[N+](=O)[O-]. The molecule has 0 saturated heterocycles. The van der Waals surface area contributed by atoms with Gasteiger partial charge in [0.25, 0.3) is 11.6 Å². The predicted molar refractivity (Wildman–Crippen MR) is 111 cm³/mol. The van der Waals surface area contributed by atoms with Crippen LogP contribution < -0.4 is 4.74 Å². The molecule has 29 heavy (non-hydrogen) atoms. The molecule has 0 radical (unpaired) electrons. The number of ketones is 1. The number of nitrogens with zero attached hydrogens (tertiary/aromatic N) is 2. The van der Waals surface area contributed by atoms with Crippen molar-refractivity contribution in [3.05, 3.63) is 75.3 Å². The van der Waals surface area contributed by atoms with E-state index in [4.69, 9.17) is 4.74 Å². The van der Waals surface area contributed by atoms with Crippen molar-refractivity contribution in [2.75, 3.05) is 20.7 Å².